The number of hydrogen-bond acceptors (Lipinski definition) is 6. The Morgan fingerprint density at radius 1 is 0.778 bits per heavy atom. The fourth-order valence-corrected chi connectivity index (χ4v) is 0.545. The van der Waals surface area contributed by atoms with Gasteiger partial charge < -0.3 is 14.2 Å². The lowest BCUT2D eigenvalue weighted by Gasteiger charge is -2.03. The molecule has 27 heavy (non-hydrogen) atoms. The fraction of sp³-hybridized carbons (Fsp3) is 0.583. The summed E-state index contributed by atoms with van der Waals surface area (Å²) in [6.45, 7) is 3.71. The van der Waals surface area contributed by atoms with Gasteiger partial charge in [0.05, 0.1) is 13.7 Å². The van der Waals surface area contributed by atoms with Gasteiger partial charge in [0.15, 0.2) is 0 Å². The molecule has 0 aromatic rings. The highest BCUT2D eigenvalue weighted by molar-refractivity contribution is 5.76. The molecule has 0 aromatic heterocycles. The van der Waals surface area contributed by atoms with Crippen LogP contribution in [-0.2, 0) is 28.6 Å². The van der Waals surface area contributed by atoms with Crippen molar-refractivity contribution in [2.75, 3.05) is 20.3 Å². The van der Waals surface area contributed by atoms with Crippen LogP contribution in [0.2, 0.25) is 0 Å². The molecule has 0 rings (SSSR count). The number of carbonyl (C=O) groups is 3. The molecule has 0 bridgehead atoms. The summed E-state index contributed by atoms with van der Waals surface area (Å²) in [5.41, 5.74) is 0. The number of alkyl halides is 9. The molecule has 0 aromatic carbocycles. The molecule has 0 unspecified atom stereocenters. The molecule has 0 aliphatic carbocycles. The van der Waals surface area contributed by atoms with Gasteiger partial charge in [-0.05, 0) is 6.92 Å². The molecule has 0 saturated carbocycles. The van der Waals surface area contributed by atoms with Crippen LogP contribution in [0.5, 0.6) is 0 Å². The minimum Gasteiger partial charge on any atom is -0.462 e. The van der Waals surface area contributed by atoms with E-state index in [0.717, 1.165) is 6.08 Å². The van der Waals surface area contributed by atoms with E-state index in [0.29, 0.717) is 7.11 Å². The first kappa shape index (κ1) is 29.3. The molecular weight excluding hydrogens is 411 g/mol. The van der Waals surface area contributed by atoms with Crippen LogP contribution in [-0.4, -0.2) is 56.8 Å². The first-order valence-electron chi connectivity index (χ1n) is 6.18. The summed E-state index contributed by atoms with van der Waals surface area (Å²) < 4.78 is 111. The van der Waals surface area contributed by atoms with Crippen LogP contribution in [0, 0.1) is 0 Å². The smallest absolute Gasteiger partial charge is 0.462 e. The number of esters is 3. The molecule has 0 N–H and O–H groups in total. The van der Waals surface area contributed by atoms with E-state index in [1.807, 2.05) is 0 Å². The van der Waals surface area contributed by atoms with Crippen molar-refractivity contribution in [3.63, 3.8) is 0 Å². The van der Waals surface area contributed by atoms with Gasteiger partial charge in [0.1, 0.15) is 6.61 Å². The predicted molar refractivity (Wildman–Crippen MR) is 68.0 cm³/mol. The lowest BCUT2D eigenvalue weighted by atomic mass is 10.6. The van der Waals surface area contributed by atoms with Crippen molar-refractivity contribution in [3.05, 3.63) is 12.7 Å². The van der Waals surface area contributed by atoms with Gasteiger partial charge in [-0.2, -0.15) is 39.5 Å². The predicted octanol–water partition coefficient (Wildman–Crippen LogP) is 3.11. The third-order valence-electron chi connectivity index (χ3n) is 1.49. The molecule has 0 radical (unpaired) electrons. The van der Waals surface area contributed by atoms with Gasteiger partial charge in [0.25, 0.3) is 0 Å². The Kier molecular flexibility index (Phi) is 13.9. The van der Waals surface area contributed by atoms with E-state index in [2.05, 4.69) is 20.8 Å². The molecule has 0 fully saturated rings. The summed E-state index contributed by atoms with van der Waals surface area (Å²) in [4.78, 5) is 29.0. The zero-order valence-electron chi connectivity index (χ0n) is 13.5. The van der Waals surface area contributed by atoms with Crippen molar-refractivity contribution in [3.8, 4) is 0 Å². The SMILES string of the molecule is C=CCOC(=O)C(F)(F)F.CCOC(=O)C(F)(F)F.COC(=O)C(F)(F)F. The molecule has 6 nitrogen and oxygen atoms in total. The topological polar surface area (TPSA) is 78.9 Å². The Labute approximate surface area is 145 Å². The summed E-state index contributed by atoms with van der Waals surface area (Å²) in [6, 6.07) is 0. The number of halogens is 9. The van der Waals surface area contributed by atoms with Gasteiger partial charge in [-0.15, -0.1) is 0 Å². The van der Waals surface area contributed by atoms with Crippen LogP contribution in [0.4, 0.5) is 39.5 Å². The van der Waals surface area contributed by atoms with Crippen molar-refractivity contribution < 1.29 is 68.1 Å². The molecule has 0 saturated heterocycles. The fourth-order valence-electron chi connectivity index (χ4n) is 0.545. The summed E-state index contributed by atoms with van der Waals surface area (Å²) in [5.74, 6) is -6.49. The van der Waals surface area contributed by atoms with Crippen molar-refractivity contribution in [2.45, 2.75) is 25.5 Å². The Balaban J connectivity index is -0.000000322. The van der Waals surface area contributed by atoms with Crippen molar-refractivity contribution >= 4 is 17.9 Å². The molecule has 0 spiro atoms. The van der Waals surface area contributed by atoms with E-state index < -0.39 is 43.0 Å². The maximum atomic E-state index is 11.3. The quantitative estimate of drug-likeness (QED) is 0.300. The molecule has 0 aliphatic rings. The minimum absolute atomic E-state index is 0.252. The highest BCUT2D eigenvalue weighted by Gasteiger charge is 2.41. The number of methoxy groups -OCH3 is 1. The average Bonchev–Trinajstić information content (AvgIpc) is 2.50. The largest absolute Gasteiger partial charge is 0.490 e. The van der Waals surface area contributed by atoms with Crippen molar-refractivity contribution in [1.82, 2.24) is 0 Å². The zero-order valence-corrected chi connectivity index (χ0v) is 13.5. The monoisotopic (exact) mass is 424 g/mol. The normalized spacial score (nSPS) is 10.9. The molecule has 160 valence electrons. The minimum atomic E-state index is -4.90. The van der Waals surface area contributed by atoms with Crippen LogP contribution in [0.3, 0.4) is 0 Å². The third kappa shape index (κ3) is 18.1. The number of carbonyl (C=O) groups excluding carboxylic acids is 3. The highest BCUT2D eigenvalue weighted by Crippen LogP contribution is 2.17. The van der Waals surface area contributed by atoms with Crippen LogP contribution >= 0.6 is 0 Å². The van der Waals surface area contributed by atoms with Crippen LogP contribution in [0.15, 0.2) is 12.7 Å². The Morgan fingerprint density at radius 2 is 1.11 bits per heavy atom. The second kappa shape index (κ2) is 12.8. The second-order valence-corrected chi connectivity index (χ2v) is 3.59. The Bertz CT molecular complexity index is 479. The average molecular weight is 424 g/mol. The molecule has 0 heterocycles. The Morgan fingerprint density at radius 3 is 1.26 bits per heavy atom. The Hall–Kier alpha value is -2.48. The molecule has 0 aliphatic heterocycles. The number of hydrogen-bond donors (Lipinski definition) is 0. The van der Waals surface area contributed by atoms with Gasteiger partial charge in [0, 0.05) is 0 Å². The van der Waals surface area contributed by atoms with E-state index in [1.54, 1.807) is 0 Å². The maximum Gasteiger partial charge on any atom is 0.490 e. The summed E-state index contributed by atoms with van der Waals surface area (Å²) in [7, 11) is 0.676. The second-order valence-electron chi connectivity index (χ2n) is 3.59. The first-order valence-corrected chi connectivity index (χ1v) is 6.18. The maximum absolute atomic E-state index is 11.3. The van der Waals surface area contributed by atoms with E-state index >= 15 is 0 Å². The van der Waals surface area contributed by atoms with E-state index in [-0.39, 0.29) is 6.61 Å². The van der Waals surface area contributed by atoms with E-state index in [9.17, 15) is 53.9 Å². The first-order chi connectivity index (χ1) is 11.9. The zero-order chi connectivity index (χ0) is 22.5. The summed E-state index contributed by atoms with van der Waals surface area (Å²) in [5, 5.41) is 0. The lowest BCUT2D eigenvalue weighted by molar-refractivity contribution is -0.199. The summed E-state index contributed by atoms with van der Waals surface area (Å²) >= 11 is 0. The van der Waals surface area contributed by atoms with Gasteiger partial charge in [0.2, 0.25) is 0 Å². The van der Waals surface area contributed by atoms with Gasteiger partial charge in [-0.1, -0.05) is 12.7 Å². The van der Waals surface area contributed by atoms with Crippen LogP contribution in [0.1, 0.15) is 6.92 Å². The molecule has 15 heteroatoms. The molecule has 0 atom stereocenters. The van der Waals surface area contributed by atoms with Crippen molar-refractivity contribution in [2.24, 2.45) is 0 Å². The van der Waals surface area contributed by atoms with Gasteiger partial charge in [-0.25, -0.2) is 14.4 Å². The lowest BCUT2D eigenvalue weighted by Crippen LogP contribution is -2.25. The number of rotatable bonds is 3. The number of ether oxygens (including phenoxy) is 3. The standard InChI is InChI=1S/C5H5F3O2.C4H5F3O2.C3H3F3O2/c1-2-3-10-4(9)5(6,7)8;1-2-9-3(8)4(5,6)7;1-8-2(7)3(4,5)6/h2H,1,3H2;2H2,1H3;1H3. The third-order valence-corrected chi connectivity index (χ3v) is 1.49. The molecule has 0 amide bonds. The van der Waals surface area contributed by atoms with Gasteiger partial charge in [-0.3, -0.25) is 0 Å². The summed E-state index contributed by atoms with van der Waals surface area (Å²) in [6.07, 6.45) is -13.5. The van der Waals surface area contributed by atoms with Crippen LogP contribution < -0.4 is 0 Å². The van der Waals surface area contributed by atoms with Crippen LogP contribution in [0.25, 0.3) is 0 Å². The van der Waals surface area contributed by atoms with E-state index in [4.69, 9.17) is 0 Å². The van der Waals surface area contributed by atoms with Crippen molar-refractivity contribution in [1.29, 1.82) is 0 Å². The molecular formula is C12H13F9O6. The van der Waals surface area contributed by atoms with E-state index in [1.165, 1.54) is 6.92 Å². The van der Waals surface area contributed by atoms with Gasteiger partial charge >= 0.3 is 36.4 Å². The highest BCUT2D eigenvalue weighted by atomic mass is 19.4.